The van der Waals surface area contributed by atoms with Gasteiger partial charge in [-0.1, -0.05) is 36.8 Å². The Kier molecular flexibility index (Phi) is 5.70. The number of fused-ring (bicyclic) bond motifs is 1. The number of aromatic nitrogens is 2. The third-order valence-electron chi connectivity index (χ3n) is 6.58. The average Bonchev–Trinajstić information content (AvgIpc) is 3.07. The van der Waals surface area contributed by atoms with Gasteiger partial charge in [0.25, 0.3) is 0 Å². The van der Waals surface area contributed by atoms with Crippen LogP contribution >= 0.6 is 0 Å². The number of benzene rings is 1. The van der Waals surface area contributed by atoms with Gasteiger partial charge >= 0.3 is 5.69 Å². The molecule has 7 heteroatoms. The molecule has 2 aliphatic heterocycles. The molecule has 7 nitrogen and oxygen atoms in total. The van der Waals surface area contributed by atoms with E-state index < -0.39 is 11.2 Å². The molecule has 158 valence electrons. The van der Waals surface area contributed by atoms with Crippen LogP contribution in [0.25, 0.3) is 0 Å². The molecule has 2 aromatic rings. The van der Waals surface area contributed by atoms with E-state index in [0.29, 0.717) is 19.5 Å². The van der Waals surface area contributed by atoms with Crippen molar-refractivity contribution in [2.45, 2.75) is 63.7 Å². The second kappa shape index (κ2) is 8.42. The molecule has 30 heavy (non-hydrogen) atoms. The summed E-state index contributed by atoms with van der Waals surface area (Å²) >= 11 is 0. The maximum atomic E-state index is 13.1. The van der Waals surface area contributed by atoms with Crippen molar-refractivity contribution in [2.75, 3.05) is 6.54 Å². The molecular weight excluding hydrogens is 380 g/mol. The van der Waals surface area contributed by atoms with Crippen molar-refractivity contribution >= 4 is 11.8 Å². The lowest BCUT2D eigenvalue weighted by molar-refractivity contribution is -0.144. The smallest absolute Gasteiger partial charge is 0.336 e. The van der Waals surface area contributed by atoms with Crippen molar-refractivity contribution in [3.63, 3.8) is 0 Å². The molecular formula is C23H28N4O3. The first kappa shape index (κ1) is 20.3. The molecule has 0 N–H and O–H groups in total. The van der Waals surface area contributed by atoms with Gasteiger partial charge in [0.2, 0.25) is 11.8 Å². The molecule has 0 unspecified atom stereocenters. The van der Waals surface area contributed by atoms with Crippen LogP contribution in [0.1, 0.15) is 44.6 Å². The number of nitrogens with zero attached hydrogens (tertiary/aromatic N) is 4. The van der Waals surface area contributed by atoms with Gasteiger partial charge in [0.1, 0.15) is 6.54 Å². The van der Waals surface area contributed by atoms with Crippen LogP contribution < -0.4 is 5.69 Å². The van der Waals surface area contributed by atoms with Crippen molar-refractivity contribution in [2.24, 2.45) is 0 Å². The van der Waals surface area contributed by atoms with Gasteiger partial charge in [-0.2, -0.15) is 0 Å². The van der Waals surface area contributed by atoms with Crippen molar-refractivity contribution in [1.82, 2.24) is 19.4 Å². The first-order chi connectivity index (χ1) is 14.5. The minimum atomic E-state index is -0.425. The van der Waals surface area contributed by atoms with E-state index in [0.717, 1.165) is 31.2 Å². The lowest BCUT2D eigenvalue weighted by Gasteiger charge is -2.45. The van der Waals surface area contributed by atoms with E-state index in [2.05, 4.69) is 11.9 Å². The molecule has 0 bridgehead atoms. The van der Waals surface area contributed by atoms with Crippen LogP contribution in [0.4, 0.5) is 0 Å². The van der Waals surface area contributed by atoms with Gasteiger partial charge in [0.05, 0.1) is 11.6 Å². The number of carbonyl (C=O) groups excluding carboxylic acids is 2. The average molecular weight is 409 g/mol. The lowest BCUT2D eigenvalue weighted by Crippen LogP contribution is -2.58. The predicted octanol–water partition coefficient (Wildman–Crippen LogP) is 2.21. The van der Waals surface area contributed by atoms with E-state index in [1.165, 1.54) is 10.8 Å². The van der Waals surface area contributed by atoms with Gasteiger partial charge in [0.15, 0.2) is 0 Å². The number of carbonyl (C=O) groups is 2. The fourth-order valence-electron chi connectivity index (χ4n) is 4.90. The van der Waals surface area contributed by atoms with Gasteiger partial charge in [0, 0.05) is 31.9 Å². The van der Waals surface area contributed by atoms with Gasteiger partial charge in [-0.3, -0.25) is 14.2 Å². The Hall–Kier alpha value is -2.96. The largest absolute Gasteiger partial charge is 0.347 e. The summed E-state index contributed by atoms with van der Waals surface area (Å²) in [5.41, 5.74) is 0.257. The number of hydrogen-bond donors (Lipinski definition) is 0. The molecule has 0 radical (unpaired) electrons. The molecule has 4 rings (SSSR count). The quantitative estimate of drug-likeness (QED) is 0.777. The Bertz CT molecular complexity index is 974. The van der Waals surface area contributed by atoms with Crippen LogP contribution in [0.2, 0.25) is 0 Å². The van der Waals surface area contributed by atoms with Crippen LogP contribution in [0.5, 0.6) is 0 Å². The maximum Gasteiger partial charge on any atom is 0.347 e. The highest BCUT2D eigenvalue weighted by Crippen LogP contribution is 2.40. The van der Waals surface area contributed by atoms with E-state index in [1.54, 1.807) is 12.3 Å². The first-order valence-corrected chi connectivity index (χ1v) is 10.6. The fraction of sp³-hybridized carbons (Fsp3) is 0.478. The number of hydrogen-bond acceptors (Lipinski definition) is 4. The second-order valence-electron chi connectivity index (χ2n) is 8.45. The van der Waals surface area contributed by atoms with E-state index in [-0.39, 0.29) is 24.4 Å². The van der Waals surface area contributed by atoms with Gasteiger partial charge in [-0.15, -0.1) is 0 Å². The molecule has 2 fully saturated rings. The van der Waals surface area contributed by atoms with E-state index >= 15 is 0 Å². The van der Waals surface area contributed by atoms with Crippen molar-refractivity contribution in [1.29, 1.82) is 0 Å². The zero-order valence-corrected chi connectivity index (χ0v) is 17.4. The Morgan fingerprint density at radius 1 is 1.17 bits per heavy atom. The summed E-state index contributed by atoms with van der Waals surface area (Å²) in [7, 11) is 0. The number of rotatable bonds is 4. The Morgan fingerprint density at radius 2 is 1.97 bits per heavy atom. The van der Waals surface area contributed by atoms with Crippen molar-refractivity contribution < 1.29 is 9.59 Å². The fourth-order valence-corrected chi connectivity index (χ4v) is 4.90. The molecule has 3 heterocycles. The highest BCUT2D eigenvalue weighted by Gasteiger charge is 2.51. The molecule has 2 amide bonds. The van der Waals surface area contributed by atoms with E-state index in [9.17, 15) is 14.4 Å². The van der Waals surface area contributed by atoms with Crippen molar-refractivity contribution in [3.05, 3.63) is 64.8 Å². The summed E-state index contributed by atoms with van der Waals surface area (Å²) in [6, 6.07) is 11.6. The molecule has 2 aliphatic rings. The first-order valence-electron chi connectivity index (χ1n) is 10.6. The topological polar surface area (TPSA) is 75.5 Å². The summed E-state index contributed by atoms with van der Waals surface area (Å²) < 4.78 is 1.34. The molecule has 0 saturated carbocycles. The van der Waals surface area contributed by atoms with Gasteiger partial charge in [-0.05, 0) is 37.8 Å². The minimum absolute atomic E-state index is 0.0219. The number of likely N-dealkylation sites (tertiary alicyclic amines) is 2. The van der Waals surface area contributed by atoms with Crippen LogP contribution in [0, 0.1) is 0 Å². The highest BCUT2D eigenvalue weighted by molar-refractivity contribution is 5.79. The zero-order chi connectivity index (χ0) is 21.1. The second-order valence-corrected chi connectivity index (χ2v) is 8.45. The number of amides is 2. The molecule has 0 spiro atoms. The summed E-state index contributed by atoms with van der Waals surface area (Å²) in [6.45, 7) is 3.24. The summed E-state index contributed by atoms with van der Waals surface area (Å²) in [6.07, 6.45) is 6.92. The molecule has 0 aliphatic carbocycles. The van der Waals surface area contributed by atoms with E-state index in [4.69, 9.17) is 0 Å². The minimum Gasteiger partial charge on any atom is -0.336 e. The Balaban J connectivity index is 1.60. The third-order valence-corrected chi connectivity index (χ3v) is 6.58. The molecule has 2 saturated heterocycles. The van der Waals surface area contributed by atoms with Crippen LogP contribution in [0.15, 0.2) is 53.6 Å². The SMILES string of the molecule is C[C@@]12CCN(C(=O)Cn3cccnc3=O)[C@@H]1CCCCC(=O)N2Cc1ccccc1. The lowest BCUT2D eigenvalue weighted by atomic mass is 9.84. The normalized spacial score (nSPS) is 24.3. The molecule has 2 atom stereocenters. The third kappa shape index (κ3) is 3.88. The maximum absolute atomic E-state index is 13.1. The van der Waals surface area contributed by atoms with Crippen LogP contribution in [0.3, 0.4) is 0 Å². The van der Waals surface area contributed by atoms with Gasteiger partial charge < -0.3 is 9.80 Å². The Labute approximate surface area is 176 Å². The Morgan fingerprint density at radius 3 is 2.73 bits per heavy atom. The summed E-state index contributed by atoms with van der Waals surface area (Å²) in [5.74, 6) is 0.0651. The van der Waals surface area contributed by atoms with Crippen LogP contribution in [-0.2, 0) is 22.7 Å². The standard InChI is InChI=1S/C23H28N4O3/c1-23-12-15-26(21(29)17-25-14-7-13-24-22(25)30)19(23)10-5-6-11-20(28)27(23)16-18-8-3-2-4-9-18/h2-4,7-9,13-14,19H,5-6,10-12,15-17H2,1H3/t19-,23-/m1/s1. The molecule has 1 aromatic heterocycles. The summed E-state index contributed by atoms with van der Waals surface area (Å²) in [5, 5.41) is 0. The monoisotopic (exact) mass is 408 g/mol. The van der Waals surface area contributed by atoms with Crippen molar-refractivity contribution in [3.8, 4) is 0 Å². The van der Waals surface area contributed by atoms with Gasteiger partial charge in [-0.25, -0.2) is 9.78 Å². The van der Waals surface area contributed by atoms with E-state index in [1.807, 2.05) is 40.1 Å². The highest BCUT2D eigenvalue weighted by atomic mass is 16.2. The predicted molar refractivity (Wildman–Crippen MR) is 112 cm³/mol. The zero-order valence-electron chi connectivity index (χ0n) is 17.4. The summed E-state index contributed by atoms with van der Waals surface area (Å²) in [4.78, 5) is 45.8. The van der Waals surface area contributed by atoms with Crippen LogP contribution in [-0.4, -0.2) is 49.3 Å². The molecule has 1 aromatic carbocycles.